The van der Waals surface area contributed by atoms with E-state index >= 15 is 0 Å². The van der Waals surface area contributed by atoms with Crippen LogP contribution in [0.25, 0.3) is 0 Å². The topological polar surface area (TPSA) is 68.3 Å². The third kappa shape index (κ3) is 4.26. The van der Waals surface area contributed by atoms with E-state index in [0.29, 0.717) is 23.2 Å². The molecular formula is C14H15BrN2O3S. The van der Waals surface area contributed by atoms with Crippen LogP contribution in [-0.2, 0) is 16.4 Å². The van der Waals surface area contributed by atoms with Crippen molar-refractivity contribution < 1.29 is 13.2 Å². The lowest BCUT2D eigenvalue weighted by Gasteiger charge is -2.09. The molecular weight excluding hydrogens is 356 g/mol. The molecule has 0 bridgehead atoms. The maximum Gasteiger partial charge on any atom is 0.240 e. The first-order valence-corrected chi connectivity index (χ1v) is 8.53. The summed E-state index contributed by atoms with van der Waals surface area (Å²) in [5.41, 5.74) is 0.844. The first kappa shape index (κ1) is 15.9. The first-order chi connectivity index (χ1) is 10.0. The predicted molar refractivity (Wildman–Crippen MR) is 83.8 cm³/mol. The Morgan fingerprint density at radius 3 is 2.71 bits per heavy atom. The molecule has 7 heteroatoms. The Balaban J connectivity index is 2.03. The van der Waals surface area contributed by atoms with E-state index in [2.05, 4.69) is 25.6 Å². The normalized spacial score (nSPS) is 11.3. The molecule has 1 aromatic heterocycles. The van der Waals surface area contributed by atoms with Gasteiger partial charge >= 0.3 is 0 Å². The number of hydrogen-bond donors (Lipinski definition) is 1. The Labute approximate surface area is 132 Å². The number of ether oxygens (including phenoxy) is 1. The predicted octanol–water partition coefficient (Wildman–Crippen LogP) is 2.37. The summed E-state index contributed by atoms with van der Waals surface area (Å²) in [5.74, 6) is 0.586. The number of pyridine rings is 1. The van der Waals surface area contributed by atoms with Crippen LogP contribution < -0.4 is 9.46 Å². The molecule has 0 fully saturated rings. The molecule has 0 spiro atoms. The van der Waals surface area contributed by atoms with Gasteiger partial charge in [-0.2, -0.15) is 0 Å². The number of aromatic nitrogens is 1. The van der Waals surface area contributed by atoms with E-state index in [-0.39, 0.29) is 4.90 Å². The summed E-state index contributed by atoms with van der Waals surface area (Å²) in [6.45, 7) is 0.295. The maximum atomic E-state index is 12.2. The number of methoxy groups -OCH3 is 1. The molecule has 0 saturated carbocycles. The highest BCUT2D eigenvalue weighted by atomic mass is 79.9. The van der Waals surface area contributed by atoms with Crippen molar-refractivity contribution in [3.63, 3.8) is 0 Å². The van der Waals surface area contributed by atoms with Crippen molar-refractivity contribution in [2.45, 2.75) is 11.3 Å². The van der Waals surface area contributed by atoms with Crippen LogP contribution in [0.5, 0.6) is 5.75 Å². The van der Waals surface area contributed by atoms with E-state index in [1.165, 1.54) is 19.2 Å². The molecule has 0 aliphatic rings. The average molecular weight is 371 g/mol. The molecule has 1 heterocycles. The molecule has 0 radical (unpaired) electrons. The largest absolute Gasteiger partial charge is 0.496 e. The van der Waals surface area contributed by atoms with Crippen molar-refractivity contribution in [2.75, 3.05) is 13.7 Å². The molecule has 0 aliphatic heterocycles. The fourth-order valence-corrected chi connectivity index (χ4v) is 3.51. The fraction of sp³-hybridized carbons (Fsp3) is 0.214. The van der Waals surface area contributed by atoms with Crippen LogP contribution in [0.2, 0.25) is 0 Å². The van der Waals surface area contributed by atoms with E-state index < -0.39 is 10.0 Å². The number of rotatable bonds is 6. The fourth-order valence-electron chi connectivity index (χ4n) is 1.76. The monoisotopic (exact) mass is 370 g/mol. The number of halogens is 1. The summed E-state index contributed by atoms with van der Waals surface area (Å²) in [6, 6.07) is 10.2. The molecule has 5 nitrogen and oxygen atoms in total. The lowest BCUT2D eigenvalue weighted by Crippen LogP contribution is -2.26. The Morgan fingerprint density at radius 2 is 2.10 bits per heavy atom. The molecule has 0 aliphatic carbocycles. The van der Waals surface area contributed by atoms with Gasteiger partial charge in [0, 0.05) is 24.9 Å². The number of nitrogens with zero attached hydrogens (tertiary/aromatic N) is 1. The second-order valence-electron chi connectivity index (χ2n) is 4.27. The number of nitrogens with one attached hydrogen (secondary N) is 1. The summed E-state index contributed by atoms with van der Waals surface area (Å²) in [5, 5.41) is 0. The van der Waals surface area contributed by atoms with Crippen molar-refractivity contribution in [2.24, 2.45) is 0 Å². The molecule has 112 valence electrons. The molecule has 0 unspecified atom stereocenters. The van der Waals surface area contributed by atoms with E-state index in [9.17, 15) is 8.42 Å². The highest BCUT2D eigenvalue weighted by Crippen LogP contribution is 2.27. The van der Waals surface area contributed by atoms with Crippen molar-refractivity contribution in [3.05, 3.63) is 52.8 Å². The van der Waals surface area contributed by atoms with Gasteiger partial charge in [-0.3, -0.25) is 4.98 Å². The lowest BCUT2D eigenvalue weighted by atomic mass is 10.3. The number of sulfonamides is 1. The van der Waals surface area contributed by atoms with Crippen LogP contribution in [0, 0.1) is 0 Å². The molecule has 2 aromatic rings. The van der Waals surface area contributed by atoms with Gasteiger partial charge in [-0.25, -0.2) is 13.1 Å². The van der Waals surface area contributed by atoms with Gasteiger partial charge in [0.2, 0.25) is 10.0 Å². The summed E-state index contributed by atoms with van der Waals surface area (Å²) >= 11 is 3.28. The van der Waals surface area contributed by atoms with Gasteiger partial charge in [-0.15, -0.1) is 0 Å². The van der Waals surface area contributed by atoms with Crippen molar-refractivity contribution >= 4 is 26.0 Å². The van der Waals surface area contributed by atoms with Gasteiger partial charge in [0.15, 0.2) is 0 Å². The minimum absolute atomic E-state index is 0.191. The summed E-state index contributed by atoms with van der Waals surface area (Å²) < 4.78 is 32.6. The first-order valence-electron chi connectivity index (χ1n) is 6.26. The van der Waals surface area contributed by atoms with Crippen LogP contribution in [0.3, 0.4) is 0 Å². The van der Waals surface area contributed by atoms with E-state index in [4.69, 9.17) is 4.74 Å². The van der Waals surface area contributed by atoms with E-state index in [1.807, 2.05) is 18.2 Å². The average Bonchev–Trinajstić information content (AvgIpc) is 2.48. The second-order valence-corrected chi connectivity index (χ2v) is 6.89. The standard InChI is InChI=1S/C14H15BrN2O3S/c1-20-14-6-5-12(10-13(14)15)21(18,19)17-9-7-11-4-2-3-8-16-11/h2-6,8,10,17H,7,9H2,1H3. The van der Waals surface area contributed by atoms with Crippen molar-refractivity contribution in [1.82, 2.24) is 9.71 Å². The van der Waals surface area contributed by atoms with Crippen LogP contribution in [-0.4, -0.2) is 27.1 Å². The van der Waals surface area contributed by atoms with E-state index in [0.717, 1.165) is 5.69 Å². The number of benzene rings is 1. The SMILES string of the molecule is COc1ccc(S(=O)(=O)NCCc2ccccn2)cc1Br. The number of hydrogen-bond acceptors (Lipinski definition) is 4. The molecule has 1 aromatic carbocycles. The summed E-state index contributed by atoms with van der Waals surface area (Å²) in [6.07, 6.45) is 2.22. The Kier molecular flexibility index (Phi) is 5.33. The lowest BCUT2D eigenvalue weighted by molar-refractivity contribution is 0.411. The minimum atomic E-state index is -3.54. The van der Waals surface area contributed by atoms with Gasteiger partial charge in [0.1, 0.15) is 5.75 Å². The zero-order chi connectivity index (χ0) is 15.3. The molecule has 0 amide bonds. The second kappa shape index (κ2) is 7.02. The zero-order valence-corrected chi connectivity index (χ0v) is 13.8. The smallest absolute Gasteiger partial charge is 0.240 e. The van der Waals surface area contributed by atoms with Crippen LogP contribution >= 0.6 is 15.9 Å². The zero-order valence-electron chi connectivity index (χ0n) is 11.4. The van der Waals surface area contributed by atoms with Crippen molar-refractivity contribution in [1.29, 1.82) is 0 Å². The van der Waals surface area contributed by atoms with Gasteiger partial charge in [-0.05, 0) is 46.3 Å². The molecule has 0 atom stereocenters. The van der Waals surface area contributed by atoms with Gasteiger partial charge < -0.3 is 4.74 Å². The Bertz CT molecular complexity index is 705. The highest BCUT2D eigenvalue weighted by molar-refractivity contribution is 9.10. The van der Waals surface area contributed by atoms with E-state index in [1.54, 1.807) is 12.3 Å². The third-order valence-corrected chi connectivity index (χ3v) is 4.91. The summed E-state index contributed by atoms with van der Waals surface area (Å²) in [4.78, 5) is 4.34. The highest BCUT2D eigenvalue weighted by Gasteiger charge is 2.15. The maximum absolute atomic E-state index is 12.2. The Morgan fingerprint density at radius 1 is 1.29 bits per heavy atom. The van der Waals surface area contributed by atoms with Crippen LogP contribution in [0.4, 0.5) is 0 Å². The molecule has 0 saturated heterocycles. The molecule has 2 rings (SSSR count). The van der Waals surface area contributed by atoms with Gasteiger partial charge in [0.05, 0.1) is 16.5 Å². The van der Waals surface area contributed by atoms with Crippen molar-refractivity contribution in [3.8, 4) is 5.75 Å². The minimum Gasteiger partial charge on any atom is -0.496 e. The van der Waals surface area contributed by atoms with Crippen LogP contribution in [0.15, 0.2) is 52.0 Å². The quantitative estimate of drug-likeness (QED) is 0.847. The summed E-state index contributed by atoms with van der Waals surface area (Å²) in [7, 11) is -2.01. The van der Waals surface area contributed by atoms with Gasteiger partial charge in [0.25, 0.3) is 0 Å². The molecule has 21 heavy (non-hydrogen) atoms. The molecule has 1 N–H and O–H groups in total. The third-order valence-electron chi connectivity index (χ3n) is 2.83. The van der Waals surface area contributed by atoms with Gasteiger partial charge in [-0.1, -0.05) is 6.07 Å². The Hall–Kier alpha value is -1.44. The van der Waals surface area contributed by atoms with Crippen LogP contribution in [0.1, 0.15) is 5.69 Å².